The molecule has 31 heavy (non-hydrogen) atoms. The highest BCUT2D eigenvalue weighted by atomic mass is 79.9. The number of rotatable bonds is 9. The standard InChI is InChI=1S/C25H31BrN2O2S/c1-18-7-3-4-8-21(18)16-31-17-24(29)28(15-20-11-13-22(26)14-12-20)19(2)25(30)27-23-9-5-6-10-23/h3-4,7-8,11-14,19,23H,5-6,9-10,15-17H2,1-2H3,(H,27,30)/t19-/m0/s1. The van der Waals surface area contributed by atoms with Crippen LogP contribution < -0.4 is 5.32 Å². The minimum Gasteiger partial charge on any atom is -0.352 e. The third-order valence-corrected chi connectivity index (χ3v) is 7.37. The topological polar surface area (TPSA) is 49.4 Å². The van der Waals surface area contributed by atoms with Gasteiger partial charge in [-0.1, -0.05) is 65.2 Å². The van der Waals surface area contributed by atoms with E-state index < -0.39 is 6.04 Å². The van der Waals surface area contributed by atoms with E-state index >= 15 is 0 Å². The van der Waals surface area contributed by atoms with Crippen molar-refractivity contribution < 1.29 is 9.59 Å². The van der Waals surface area contributed by atoms with Crippen molar-refractivity contribution in [3.05, 3.63) is 69.7 Å². The fourth-order valence-electron chi connectivity index (χ4n) is 3.86. The summed E-state index contributed by atoms with van der Waals surface area (Å²) in [6, 6.07) is 15.9. The molecular weight excluding hydrogens is 472 g/mol. The first-order valence-electron chi connectivity index (χ1n) is 10.9. The third kappa shape index (κ3) is 7.11. The van der Waals surface area contributed by atoms with Crippen molar-refractivity contribution in [2.24, 2.45) is 0 Å². The maximum absolute atomic E-state index is 13.2. The number of hydrogen-bond donors (Lipinski definition) is 1. The number of nitrogens with one attached hydrogen (secondary N) is 1. The summed E-state index contributed by atoms with van der Waals surface area (Å²) in [5, 5.41) is 3.15. The number of carbonyl (C=O) groups is 2. The highest BCUT2D eigenvalue weighted by Gasteiger charge is 2.28. The quantitative estimate of drug-likeness (QED) is 0.494. The molecule has 4 nitrogen and oxygen atoms in total. The van der Waals surface area contributed by atoms with E-state index in [0.717, 1.165) is 41.5 Å². The molecule has 1 aliphatic carbocycles. The number of nitrogens with zero attached hydrogens (tertiary/aromatic N) is 1. The maximum atomic E-state index is 13.2. The number of carbonyl (C=O) groups excluding carboxylic acids is 2. The predicted octanol–water partition coefficient (Wildman–Crippen LogP) is 5.47. The summed E-state index contributed by atoms with van der Waals surface area (Å²) >= 11 is 5.06. The van der Waals surface area contributed by atoms with Crippen molar-refractivity contribution >= 4 is 39.5 Å². The van der Waals surface area contributed by atoms with Gasteiger partial charge in [0, 0.05) is 22.8 Å². The van der Waals surface area contributed by atoms with Crippen LogP contribution in [-0.4, -0.2) is 34.6 Å². The molecule has 2 aromatic carbocycles. The van der Waals surface area contributed by atoms with E-state index in [0.29, 0.717) is 12.3 Å². The van der Waals surface area contributed by atoms with Gasteiger partial charge in [-0.2, -0.15) is 0 Å². The van der Waals surface area contributed by atoms with Crippen LogP contribution in [0.15, 0.2) is 53.0 Å². The molecule has 0 bridgehead atoms. The average Bonchev–Trinajstić information content (AvgIpc) is 3.27. The molecule has 0 radical (unpaired) electrons. The van der Waals surface area contributed by atoms with Crippen molar-refractivity contribution in [1.82, 2.24) is 10.2 Å². The molecule has 166 valence electrons. The molecule has 0 heterocycles. The minimum atomic E-state index is -0.504. The highest BCUT2D eigenvalue weighted by molar-refractivity contribution is 9.10. The molecule has 0 saturated heterocycles. The fraction of sp³-hybridized carbons (Fsp3) is 0.440. The molecule has 3 rings (SSSR count). The third-order valence-electron chi connectivity index (χ3n) is 5.88. The van der Waals surface area contributed by atoms with Gasteiger partial charge >= 0.3 is 0 Å². The minimum absolute atomic E-state index is 0.00410. The summed E-state index contributed by atoms with van der Waals surface area (Å²) in [5.41, 5.74) is 3.49. The van der Waals surface area contributed by atoms with Gasteiger partial charge in [0.05, 0.1) is 5.75 Å². The Balaban J connectivity index is 1.65. The van der Waals surface area contributed by atoms with E-state index in [1.54, 1.807) is 16.7 Å². The molecule has 1 aliphatic rings. The predicted molar refractivity (Wildman–Crippen MR) is 132 cm³/mol. The second-order valence-corrected chi connectivity index (χ2v) is 10.1. The molecule has 0 aromatic heterocycles. The zero-order valence-electron chi connectivity index (χ0n) is 18.3. The van der Waals surface area contributed by atoms with Crippen molar-refractivity contribution in [3.8, 4) is 0 Å². The van der Waals surface area contributed by atoms with Crippen molar-refractivity contribution in [2.75, 3.05) is 5.75 Å². The number of thioether (sulfide) groups is 1. The monoisotopic (exact) mass is 502 g/mol. The Morgan fingerprint density at radius 2 is 1.81 bits per heavy atom. The van der Waals surface area contributed by atoms with Crippen molar-refractivity contribution in [3.63, 3.8) is 0 Å². The van der Waals surface area contributed by atoms with E-state index in [1.165, 1.54) is 11.1 Å². The van der Waals surface area contributed by atoms with Crippen LogP contribution in [0, 0.1) is 6.92 Å². The first-order chi connectivity index (χ1) is 14.9. The van der Waals surface area contributed by atoms with E-state index in [1.807, 2.05) is 43.3 Å². The van der Waals surface area contributed by atoms with Crippen LogP contribution in [0.2, 0.25) is 0 Å². The van der Waals surface area contributed by atoms with Crippen LogP contribution in [0.5, 0.6) is 0 Å². The molecule has 0 spiro atoms. The summed E-state index contributed by atoms with van der Waals surface area (Å²) in [5.74, 6) is 1.08. The second kappa shape index (κ2) is 11.7. The van der Waals surface area contributed by atoms with Gasteiger partial charge in [-0.15, -0.1) is 11.8 Å². The fourth-order valence-corrected chi connectivity index (χ4v) is 5.11. The number of amides is 2. The Hall–Kier alpha value is -1.79. The Morgan fingerprint density at radius 1 is 1.13 bits per heavy atom. The summed E-state index contributed by atoms with van der Waals surface area (Å²) in [6.45, 7) is 4.36. The summed E-state index contributed by atoms with van der Waals surface area (Å²) < 4.78 is 0.995. The van der Waals surface area contributed by atoms with Gasteiger partial charge in [-0.25, -0.2) is 0 Å². The van der Waals surface area contributed by atoms with E-state index in [9.17, 15) is 9.59 Å². The van der Waals surface area contributed by atoms with Gasteiger partial charge in [0.15, 0.2) is 0 Å². The zero-order valence-corrected chi connectivity index (χ0v) is 20.7. The zero-order chi connectivity index (χ0) is 22.2. The number of benzene rings is 2. The first-order valence-corrected chi connectivity index (χ1v) is 12.9. The van der Waals surface area contributed by atoms with Gasteiger partial charge in [-0.3, -0.25) is 9.59 Å². The van der Waals surface area contributed by atoms with E-state index in [-0.39, 0.29) is 17.9 Å². The van der Waals surface area contributed by atoms with Crippen LogP contribution in [-0.2, 0) is 21.9 Å². The van der Waals surface area contributed by atoms with Gasteiger partial charge in [-0.05, 0) is 55.5 Å². The maximum Gasteiger partial charge on any atom is 0.242 e. The normalized spacial score (nSPS) is 14.9. The Bertz CT molecular complexity index is 881. The lowest BCUT2D eigenvalue weighted by Crippen LogP contribution is -2.50. The lowest BCUT2D eigenvalue weighted by molar-refractivity contribution is -0.138. The van der Waals surface area contributed by atoms with Crippen LogP contribution >= 0.6 is 27.7 Å². The van der Waals surface area contributed by atoms with Crippen LogP contribution in [0.4, 0.5) is 0 Å². The molecule has 0 unspecified atom stereocenters. The van der Waals surface area contributed by atoms with Crippen LogP contribution in [0.25, 0.3) is 0 Å². The van der Waals surface area contributed by atoms with Crippen molar-refractivity contribution in [1.29, 1.82) is 0 Å². The van der Waals surface area contributed by atoms with Gasteiger partial charge in [0.1, 0.15) is 6.04 Å². The van der Waals surface area contributed by atoms with Gasteiger partial charge in [0.2, 0.25) is 11.8 Å². The summed E-state index contributed by atoms with van der Waals surface area (Å²) in [7, 11) is 0. The van der Waals surface area contributed by atoms with Crippen molar-refractivity contribution in [2.45, 2.75) is 63.9 Å². The number of hydrogen-bond acceptors (Lipinski definition) is 3. The smallest absolute Gasteiger partial charge is 0.242 e. The van der Waals surface area contributed by atoms with Gasteiger partial charge < -0.3 is 10.2 Å². The Labute approximate surface area is 198 Å². The molecule has 1 fully saturated rings. The van der Waals surface area contributed by atoms with Crippen LogP contribution in [0.1, 0.15) is 49.3 Å². The number of halogens is 1. The highest BCUT2D eigenvalue weighted by Crippen LogP contribution is 2.21. The lowest BCUT2D eigenvalue weighted by Gasteiger charge is -2.29. The SMILES string of the molecule is Cc1ccccc1CSCC(=O)N(Cc1ccc(Br)cc1)[C@@H](C)C(=O)NC1CCCC1. The Morgan fingerprint density at radius 3 is 2.48 bits per heavy atom. The molecule has 1 atom stereocenters. The molecular formula is C25H31BrN2O2S. The summed E-state index contributed by atoms with van der Waals surface area (Å²) in [6.07, 6.45) is 4.39. The number of aryl methyl sites for hydroxylation is 1. The van der Waals surface area contributed by atoms with Gasteiger partial charge in [0.25, 0.3) is 0 Å². The second-order valence-electron chi connectivity index (χ2n) is 8.23. The average molecular weight is 504 g/mol. The van der Waals surface area contributed by atoms with Crippen LogP contribution in [0.3, 0.4) is 0 Å². The summed E-state index contributed by atoms with van der Waals surface area (Å²) in [4.78, 5) is 27.8. The Kier molecular flexibility index (Phi) is 9.02. The largest absolute Gasteiger partial charge is 0.352 e. The van der Waals surface area contributed by atoms with E-state index in [4.69, 9.17) is 0 Å². The molecule has 6 heteroatoms. The molecule has 0 aliphatic heterocycles. The molecule has 2 amide bonds. The molecule has 2 aromatic rings. The lowest BCUT2D eigenvalue weighted by atomic mass is 10.1. The molecule has 1 saturated carbocycles. The first kappa shape index (κ1) is 23.9. The molecule has 1 N–H and O–H groups in total. The van der Waals surface area contributed by atoms with E-state index in [2.05, 4.69) is 40.3 Å².